The van der Waals surface area contributed by atoms with Crippen molar-refractivity contribution in [2.24, 2.45) is 0 Å². The second-order valence-electron chi connectivity index (χ2n) is 4.03. The fourth-order valence-corrected chi connectivity index (χ4v) is 1.82. The van der Waals surface area contributed by atoms with Gasteiger partial charge in [0.05, 0.1) is 18.7 Å². The number of methoxy groups -OCH3 is 1. The predicted molar refractivity (Wildman–Crippen MR) is 68.9 cm³/mol. The Bertz CT molecular complexity index is 392. The van der Waals surface area contributed by atoms with Crippen molar-refractivity contribution < 1.29 is 4.74 Å². The van der Waals surface area contributed by atoms with E-state index in [2.05, 4.69) is 25.2 Å². The van der Waals surface area contributed by atoms with E-state index in [4.69, 9.17) is 10.00 Å². The van der Waals surface area contributed by atoms with Gasteiger partial charge >= 0.3 is 0 Å². The third kappa shape index (κ3) is 3.76. The summed E-state index contributed by atoms with van der Waals surface area (Å²) >= 11 is 0. The molecule has 0 heterocycles. The van der Waals surface area contributed by atoms with E-state index in [1.165, 1.54) is 0 Å². The number of ether oxygens (including phenoxy) is 1. The highest BCUT2D eigenvalue weighted by molar-refractivity contribution is 5.41. The lowest BCUT2D eigenvalue weighted by Crippen LogP contribution is -2.27. The largest absolute Gasteiger partial charge is 0.496 e. The molecule has 0 unspecified atom stereocenters. The van der Waals surface area contributed by atoms with Gasteiger partial charge in [0.2, 0.25) is 0 Å². The molecule has 3 nitrogen and oxygen atoms in total. The Morgan fingerprint density at radius 1 is 1.35 bits per heavy atom. The number of hydrogen-bond donors (Lipinski definition) is 1. The van der Waals surface area contributed by atoms with Crippen LogP contribution < -0.4 is 10.1 Å². The van der Waals surface area contributed by atoms with Crippen LogP contribution in [-0.4, -0.2) is 13.2 Å². The van der Waals surface area contributed by atoms with Crippen molar-refractivity contribution in [1.82, 2.24) is 5.32 Å². The van der Waals surface area contributed by atoms with E-state index < -0.39 is 0 Å². The summed E-state index contributed by atoms with van der Waals surface area (Å²) in [6.07, 6.45) is 2.22. The summed E-state index contributed by atoms with van der Waals surface area (Å²) < 4.78 is 5.29. The van der Waals surface area contributed by atoms with Crippen LogP contribution >= 0.6 is 0 Å². The van der Waals surface area contributed by atoms with E-state index in [-0.39, 0.29) is 0 Å². The van der Waals surface area contributed by atoms with Crippen LogP contribution in [0.2, 0.25) is 0 Å². The Kier molecular flexibility index (Phi) is 5.51. The van der Waals surface area contributed by atoms with E-state index in [1.54, 1.807) is 13.2 Å². The predicted octanol–water partition coefficient (Wildman–Crippen LogP) is 2.85. The molecule has 0 aromatic heterocycles. The van der Waals surface area contributed by atoms with Gasteiger partial charge in [-0.3, -0.25) is 0 Å². The van der Waals surface area contributed by atoms with Gasteiger partial charge in [0.25, 0.3) is 0 Å². The van der Waals surface area contributed by atoms with Crippen LogP contribution in [0, 0.1) is 11.3 Å². The summed E-state index contributed by atoms with van der Waals surface area (Å²) in [5, 5.41) is 12.4. The summed E-state index contributed by atoms with van der Waals surface area (Å²) in [5.74, 6) is 0.836. The van der Waals surface area contributed by atoms with Gasteiger partial charge in [-0.25, -0.2) is 0 Å². The van der Waals surface area contributed by atoms with Crippen LogP contribution in [0.25, 0.3) is 0 Å². The molecule has 1 aromatic rings. The third-order valence-corrected chi connectivity index (χ3v) is 2.98. The molecule has 0 spiro atoms. The minimum Gasteiger partial charge on any atom is -0.496 e. The molecular weight excluding hydrogens is 212 g/mol. The summed E-state index contributed by atoms with van der Waals surface area (Å²) in [6, 6.07) is 8.18. The lowest BCUT2D eigenvalue weighted by atomic mass is 10.1. The Labute approximate surface area is 103 Å². The second-order valence-corrected chi connectivity index (χ2v) is 4.03. The summed E-state index contributed by atoms with van der Waals surface area (Å²) in [5.41, 5.74) is 1.71. The Morgan fingerprint density at radius 2 is 2.06 bits per heavy atom. The molecule has 0 fully saturated rings. The Hall–Kier alpha value is -1.53. The van der Waals surface area contributed by atoms with Gasteiger partial charge in [-0.15, -0.1) is 0 Å². The minimum atomic E-state index is 0.519. The molecule has 0 aliphatic carbocycles. The molecule has 3 heteroatoms. The van der Waals surface area contributed by atoms with Crippen molar-refractivity contribution in [3.05, 3.63) is 29.3 Å². The normalized spacial score (nSPS) is 10.3. The molecule has 0 radical (unpaired) electrons. The minimum absolute atomic E-state index is 0.519. The van der Waals surface area contributed by atoms with Gasteiger partial charge in [0.15, 0.2) is 0 Å². The summed E-state index contributed by atoms with van der Waals surface area (Å²) in [4.78, 5) is 0. The van der Waals surface area contributed by atoms with E-state index in [9.17, 15) is 0 Å². The van der Waals surface area contributed by atoms with Crippen molar-refractivity contribution in [3.63, 3.8) is 0 Å². The highest BCUT2D eigenvalue weighted by atomic mass is 16.5. The molecule has 92 valence electrons. The zero-order valence-electron chi connectivity index (χ0n) is 10.8. The van der Waals surface area contributed by atoms with Crippen LogP contribution in [0.3, 0.4) is 0 Å². The van der Waals surface area contributed by atoms with Crippen LogP contribution in [0.15, 0.2) is 18.2 Å². The van der Waals surface area contributed by atoms with Gasteiger partial charge in [0, 0.05) is 18.2 Å². The highest BCUT2D eigenvalue weighted by Gasteiger charge is 2.07. The number of hydrogen-bond acceptors (Lipinski definition) is 3. The number of benzene rings is 1. The molecule has 0 atom stereocenters. The SMILES string of the molecule is CCC(CC)NCc1cc(C#N)ccc1OC. The first-order valence-corrected chi connectivity index (χ1v) is 6.05. The van der Waals surface area contributed by atoms with Crippen molar-refractivity contribution in [2.75, 3.05) is 7.11 Å². The lowest BCUT2D eigenvalue weighted by molar-refractivity contribution is 0.403. The summed E-state index contributed by atoms with van der Waals surface area (Å²) in [7, 11) is 1.65. The monoisotopic (exact) mass is 232 g/mol. The molecule has 17 heavy (non-hydrogen) atoms. The van der Waals surface area contributed by atoms with Crippen LogP contribution in [0.5, 0.6) is 5.75 Å². The van der Waals surface area contributed by atoms with Crippen LogP contribution in [0.1, 0.15) is 37.8 Å². The quantitative estimate of drug-likeness (QED) is 0.820. The molecule has 1 aromatic carbocycles. The van der Waals surface area contributed by atoms with Crippen molar-refractivity contribution in [2.45, 2.75) is 39.3 Å². The molecule has 0 aliphatic rings. The topological polar surface area (TPSA) is 45.0 Å². The number of nitriles is 1. The van der Waals surface area contributed by atoms with Gasteiger partial charge in [-0.1, -0.05) is 13.8 Å². The van der Waals surface area contributed by atoms with E-state index in [1.807, 2.05) is 12.1 Å². The maximum absolute atomic E-state index is 8.88. The lowest BCUT2D eigenvalue weighted by Gasteiger charge is -2.16. The average Bonchev–Trinajstić information content (AvgIpc) is 2.39. The number of nitrogens with zero attached hydrogens (tertiary/aromatic N) is 1. The highest BCUT2D eigenvalue weighted by Crippen LogP contribution is 2.19. The smallest absolute Gasteiger partial charge is 0.123 e. The van der Waals surface area contributed by atoms with Crippen molar-refractivity contribution in [3.8, 4) is 11.8 Å². The van der Waals surface area contributed by atoms with E-state index >= 15 is 0 Å². The zero-order chi connectivity index (χ0) is 12.7. The molecule has 1 rings (SSSR count). The van der Waals surface area contributed by atoms with Crippen LogP contribution in [0.4, 0.5) is 0 Å². The first-order valence-electron chi connectivity index (χ1n) is 6.05. The second kappa shape index (κ2) is 6.93. The number of rotatable bonds is 6. The summed E-state index contributed by atoms with van der Waals surface area (Å²) in [6.45, 7) is 5.08. The molecule has 0 saturated heterocycles. The van der Waals surface area contributed by atoms with Crippen molar-refractivity contribution >= 4 is 0 Å². The molecule has 0 bridgehead atoms. The number of nitrogens with one attached hydrogen (secondary N) is 1. The van der Waals surface area contributed by atoms with Gasteiger partial charge in [0.1, 0.15) is 5.75 Å². The molecule has 0 saturated carbocycles. The Balaban J connectivity index is 2.78. The van der Waals surface area contributed by atoms with E-state index in [0.717, 1.165) is 30.7 Å². The fraction of sp³-hybridized carbons (Fsp3) is 0.500. The molecule has 1 N–H and O–H groups in total. The van der Waals surface area contributed by atoms with Crippen LogP contribution in [-0.2, 0) is 6.54 Å². The molecular formula is C14H20N2O. The zero-order valence-corrected chi connectivity index (χ0v) is 10.8. The third-order valence-electron chi connectivity index (χ3n) is 2.98. The van der Waals surface area contributed by atoms with Gasteiger partial charge in [-0.05, 0) is 31.0 Å². The Morgan fingerprint density at radius 3 is 2.59 bits per heavy atom. The average molecular weight is 232 g/mol. The molecule has 0 aliphatic heterocycles. The van der Waals surface area contributed by atoms with Gasteiger partial charge < -0.3 is 10.1 Å². The maximum Gasteiger partial charge on any atom is 0.123 e. The molecule has 0 amide bonds. The van der Waals surface area contributed by atoms with Gasteiger partial charge in [-0.2, -0.15) is 5.26 Å². The van der Waals surface area contributed by atoms with E-state index in [0.29, 0.717) is 11.6 Å². The first-order chi connectivity index (χ1) is 8.24. The first kappa shape index (κ1) is 13.5. The fourth-order valence-electron chi connectivity index (χ4n) is 1.82. The standard InChI is InChI=1S/C14H20N2O/c1-4-13(5-2)16-10-12-8-11(9-15)6-7-14(12)17-3/h6-8,13,16H,4-5,10H2,1-3H3. The van der Waals surface area contributed by atoms with Crippen molar-refractivity contribution in [1.29, 1.82) is 5.26 Å². The maximum atomic E-state index is 8.88.